The maximum absolute atomic E-state index is 6.20. The van der Waals surface area contributed by atoms with Gasteiger partial charge in [-0.1, -0.05) is 42.0 Å². The Labute approximate surface area is 180 Å². The lowest BCUT2D eigenvalue weighted by Crippen LogP contribution is -2.49. The van der Waals surface area contributed by atoms with Gasteiger partial charge in [0.2, 0.25) is 0 Å². The summed E-state index contributed by atoms with van der Waals surface area (Å²) in [5.41, 5.74) is 2.45. The third kappa shape index (κ3) is 8.27. The monoisotopic (exact) mass is 490 g/mol. The molecule has 0 radical (unpaired) electrons. The molecule has 0 saturated carbocycles. The number of aliphatic imine (C=N–C) groups is 1. The minimum atomic E-state index is 0. The van der Waals surface area contributed by atoms with Crippen molar-refractivity contribution < 1.29 is 0 Å². The van der Waals surface area contributed by atoms with Gasteiger partial charge in [0, 0.05) is 44.3 Å². The van der Waals surface area contributed by atoms with Crippen LogP contribution >= 0.6 is 35.6 Å². The summed E-state index contributed by atoms with van der Waals surface area (Å²) in [6.07, 6.45) is 4.30. The van der Waals surface area contributed by atoms with Crippen LogP contribution in [0, 0.1) is 0 Å². The van der Waals surface area contributed by atoms with Crippen LogP contribution in [-0.4, -0.2) is 50.1 Å². The number of halogens is 2. The molecule has 6 heteroatoms. The van der Waals surface area contributed by atoms with E-state index in [9.17, 15) is 0 Å². The Morgan fingerprint density at radius 2 is 2.00 bits per heavy atom. The van der Waals surface area contributed by atoms with Crippen molar-refractivity contribution in [1.82, 2.24) is 15.5 Å². The van der Waals surface area contributed by atoms with Crippen LogP contribution in [0.1, 0.15) is 31.7 Å². The number of hydrogen-bond acceptors (Lipinski definition) is 2. The molecule has 2 N–H and O–H groups in total. The zero-order valence-electron chi connectivity index (χ0n) is 15.9. The van der Waals surface area contributed by atoms with E-state index in [0.717, 1.165) is 62.8 Å². The SMILES string of the molecule is C=C(C)CN1CCC(NC(=NC)NCCCc2ccccc2Cl)CC1.I. The molecule has 0 aromatic heterocycles. The Kier molecular flexibility index (Phi) is 11.2. The third-order valence-electron chi connectivity index (χ3n) is 4.52. The lowest BCUT2D eigenvalue weighted by atomic mass is 10.0. The van der Waals surface area contributed by atoms with E-state index in [2.05, 4.69) is 40.1 Å². The zero-order chi connectivity index (χ0) is 18.1. The molecule has 0 amide bonds. The summed E-state index contributed by atoms with van der Waals surface area (Å²) in [5, 5.41) is 7.82. The average Bonchev–Trinajstić information content (AvgIpc) is 2.60. The van der Waals surface area contributed by atoms with Gasteiger partial charge in [-0.05, 0) is 44.2 Å². The molecular formula is C20H32ClIN4. The molecular weight excluding hydrogens is 459 g/mol. The van der Waals surface area contributed by atoms with Crippen LogP contribution in [0.25, 0.3) is 0 Å². The normalized spacial score (nSPS) is 16.0. The highest BCUT2D eigenvalue weighted by Gasteiger charge is 2.19. The van der Waals surface area contributed by atoms with Crippen LogP contribution in [0.15, 0.2) is 41.4 Å². The molecule has 4 nitrogen and oxygen atoms in total. The van der Waals surface area contributed by atoms with E-state index < -0.39 is 0 Å². The number of aryl methyl sites for hydroxylation is 1. The molecule has 1 aromatic carbocycles. The fourth-order valence-corrected chi connectivity index (χ4v) is 3.42. The average molecular weight is 491 g/mol. The Balaban J connectivity index is 0.00000338. The first-order chi connectivity index (χ1) is 12.1. The number of benzene rings is 1. The largest absolute Gasteiger partial charge is 0.356 e. The number of rotatable bonds is 7. The van der Waals surface area contributed by atoms with Crippen LogP contribution in [0.4, 0.5) is 0 Å². The van der Waals surface area contributed by atoms with Crippen LogP contribution in [0.5, 0.6) is 0 Å². The molecule has 2 rings (SSSR count). The molecule has 1 aliphatic heterocycles. The van der Waals surface area contributed by atoms with Crippen molar-refractivity contribution in [3.05, 3.63) is 47.0 Å². The molecule has 146 valence electrons. The number of guanidine groups is 1. The summed E-state index contributed by atoms with van der Waals surface area (Å²) < 4.78 is 0. The van der Waals surface area contributed by atoms with Crippen LogP contribution < -0.4 is 10.6 Å². The first kappa shape index (κ1) is 23.2. The summed E-state index contributed by atoms with van der Waals surface area (Å²) in [6, 6.07) is 8.54. The minimum absolute atomic E-state index is 0. The van der Waals surface area contributed by atoms with Crippen molar-refractivity contribution in [2.24, 2.45) is 4.99 Å². The van der Waals surface area contributed by atoms with Gasteiger partial charge in [0.25, 0.3) is 0 Å². The lowest BCUT2D eigenvalue weighted by Gasteiger charge is -2.33. The highest BCUT2D eigenvalue weighted by Crippen LogP contribution is 2.16. The fourth-order valence-electron chi connectivity index (χ4n) is 3.19. The van der Waals surface area contributed by atoms with Crippen LogP contribution in [0.3, 0.4) is 0 Å². The van der Waals surface area contributed by atoms with Gasteiger partial charge in [0.1, 0.15) is 0 Å². The van der Waals surface area contributed by atoms with Gasteiger partial charge in [0.05, 0.1) is 0 Å². The van der Waals surface area contributed by atoms with Gasteiger partial charge in [-0.3, -0.25) is 9.89 Å². The Bertz CT molecular complexity index is 583. The van der Waals surface area contributed by atoms with Crippen molar-refractivity contribution in [3.63, 3.8) is 0 Å². The topological polar surface area (TPSA) is 39.7 Å². The van der Waals surface area contributed by atoms with E-state index in [4.69, 9.17) is 11.6 Å². The van der Waals surface area contributed by atoms with Gasteiger partial charge in [-0.2, -0.15) is 0 Å². The summed E-state index contributed by atoms with van der Waals surface area (Å²) in [5.74, 6) is 0.900. The smallest absolute Gasteiger partial charge is 0.191 e. The first-order valence-corrected chi connectivity index (χ1v) is 9.53. The van der Waals surface area contributed by atoms with Gasteiger partial charge >= 0.3 is 0 Å². The van der Waals surface area contributed by atoms with E-state index in [0.29, 0.717) is 6.04 Å². The number of nitrogens with one attached hydrogen (secondary N) is 2. The fraction of sp³-hybridized carbons (Fsp3) is 0.550. The van der Waals surface area contributed by atoms with Crippen molar-refractivity contribution in [1.29, 1.82) is 0 Å². The Morgan fingerprint density at radius 1 is 1.31 bits per heavy atom. The molecule has 0 aliphatic carbocycles. The van der Waals surface area contributed by atoms with Gasteiger partial charge < -0.3 is 10.6 Å². The number of likely N-dealkylation sites (tertiary alicyclic amines) is 1. The number of hydrogen-bond donors (Lipinski definition) is 2. The first-order valence-electron chi connectivity index (χ1n) is 9.16. The molecule has 0 unspecified atom stereocenters. The predicted octanol–water partition coefficient (Wildman–Crippen LogP) is 4.10. The predicted molar refractivity (Wildman–Crippen MR) is 124 cm³/mol. The standard InChI is InChI=1S/C20H31ClN4.HI/c1-16(2)15-25-13-10-18(11-14-25)24-20(22-3)23-12-6-8-17-7-4-5-9-19(17)21;/h4-5,7,9,18H,1,6,8,10-15H2,2-3H3,(H2,22,23,24);1H. The summed E-state index contributed by atoms with van der Waals surface area (Å²) in [7, 11) is 1.83. The molecule has 26 heavy (non-hydrogen) atoms. The molecule has 1 aromatic rings. The highest BCUT2D eigenvalue weighted by molar-refractivity contribution is 14.0. The third-order valence-corrected chi connectivity index (χ3v) is 4.89. The Hall–Kier alpha value is -0.790. The van der Waals surface area contributed by atoms with Crippen molar-refractivity contribution >= 4 is 41.5 Å². The number of piperidine rings is 1. The van der Waals surface area contributed by atoms with Crippen molar-refractivity contribution in [2.45, 2.75) is 38.6 Å². The quantitative estimate of drug-likeness (QED) is 0.199. The van der Waals surface area contributed by atoms with Crippen LogP contribution in [-0.2, 0) is 6.42 Å². The molecule has 1 aliphatic rings. The Morgan fingerprint density at radius 3 is 2.62 bits per heavy atom. The van der Waals surface area contributed by atoms with Crippen LogP contribution in [0.2, 0.25) is 5.02 Å². The second-order valence-corrected chi connectivity index (χ2v) is 7.25. The highest BCUT2D eigenvalue weighted by atomic mass is 127. The number of nitrogens with zero attached hydrogens (tertiary/aromatic N) is 2. The maximum Gasteiger partial charge on any atom is 0.191 e. The molecule has 0 atom stereocenters. The minimum Gasteiger partial charge on any atom is -0.356 e. The second kappa shape index (κ2) is 12.6. The van der Waals surface area contributed by atoms with Gasteiger partial charge in [0.15, 0.2) is 5.96 Å². The summed E-state index contributed by atoms with van der Waals surface area (Å²) in [6.45, 7) is 10.2. The van der Waals surface area contributed by atoms with Crippen molar-refractivity contribution in [3.8, 4) is 0 Å². The molecule has 1 heterocycles. The summed E-state index contributed by atoms with van der Waals surface area (Å²) in [4.78, 5) is 6.82. The van der Waals surface area contributed by atoms with E-state index in [-0.39, 0.29) is 24.0 Å². The van der Waals surface area contributed by atoms with Gasteiger partial charge in [-0.15, -0.1) is 24.0 Å². The molecule has 0 bridgehead atoms. The second-order valence-electron chi connectivity index (χ2n) is 6.85. The molecule has 0 spiro atoms. The zero-order valence-corrected chi connectivity index (χ0v) is 19.0. The van der Waals surface area contributed by atoms with E-state index in [1.54, 1.807) is 0 Å². The van der Waals surface area contributed by atoms with E-state index in [1.807, 2.05) is 25.2 Å². The van der Waals surface area contributed by atoms with E-state index >= 15 is 0 Å². The maximum atomic E-state index is 6.20. The lowest BCUT2D eigenvalue weighted by molar-refractivity contribution is 0.221. The van der Waals surface area contributed by atoms with Crippen molar-refractivity contribution in [2.75, 3.05) is 33.2 Å². The summed E-state index contributed by atoms with van der Waals surface area (Å²) >= 11 is 6.20. The van der Waals surface area contributed by atoms with Gasteiger partial charge in [-0.25, -0.2) is 0 Å². The van der Waals surface area contributed by atoms with E-state index in [1.165, 1.54) is 11.1 Å². The molecule has 1 saturated heterocycles. The molecule has 1 fully saturated rings.